The van der Waals surface area contributed by atoms with Crippen LogP contribution in [0.25, 0.3) is 0 Å². The van der Waals surface area contributed by atoms with Gasteiger partial charge in [0.2, 0.25) is 0 Å². The molecule has 0 bridgehead atoms. The van der Waals surface area contributed by atoms with Gasteiger partial charge in [-0.3, -0.25) is 4.79 Å². The van der Waals surface area contributed by atoms with E-state index in [2.05, 4.69) is 19.2 Å². The first-order chi connectivity index (χ1) is 8.85. The zero-order valence-electron chi connectivity index (χ0n) is 12.3. The Balaban J connectivity index is 2.62. The third kappa shape index (κ3) is 5.23. The Kier molecular flexibility index (Phi) is 5.86. The van der Waals surface area contributed by atoms with Crippen LogP contribution in [0.15, 0.2) is 18.2 Å². The van der Waals surface area contributed by atoms with Gasteiger partial charge in [-0.15, -0.1) is 11.6 Å². The number of carbonyl (C=O) groups excluding carboxylic acids is 1. The van der Waals surface area contributed by atoms with Crippen molar-refractivity contribution in [1.82, 2.24) is 5.32 Å². The van der Waals surface area contributed by atoms with Crippen LogP contribution < -0.4 is 5.32 Å². The summed E-state index contributed by atoms with van der Waals surface area (Å²) in [5, 5.41) is 3.03. The number of rotatable bonds is 6. The number of aryl methyl sites for hydroxylation is 2. The Morgan fingerprint density at radius 1 is 1.32 bits per heavy atom. The fraction of sp³-hybridized carbons (Fsp3) is 0.562. The Morgan fingerprint density at radius 3 is 2.63 bits per heavy atom. The van der Waals surface area contributed by atoms with Crippen LogP contribution in [0, 0.1) is 19.3 Å². The van der Waals surface area contributed by atoms with Gasteiger partial charge in [0, 0.05) is 18.0 Å². The zero-order valence-corrected chi connectivity index (χ0v) is 13.1. The maximum absolute atomic E-state index is 12.2. The van der Waals surface area contributed by atoms with Crippen molar-refractivity contribution in [3.63, 3.8) is 0 Å². The molecule has 1 aromatic carbocycles. The molecule has 0 aliphatic carbocycles. The Morgan fingerprint density at radius 2 is 2.00 bits per heavy atom. The van der Waals surface area contributed by atoms with E-state index in [0.29, 0.717) is 12.4 Å². The lowest BCUT2D eigenvalue weighted by Crippen LogP contribution is -2.34. The molecule has 1 amide bonds. The van der Waals surface area contributed by atoms with Gasteiger partial charge in [-0.05, 0) is 43.7 Å². The van der Waals surface area contributed by atoms with Gasteiger partial charge in [-0.1, -0.05) is 31.5 Å². The largest absolute Gasteiger partial charge is 0.351 e. The Labute approximate surface area is 121 Å². The van der Waals surface area contributed by atoms with Gasteiger partial charge in [0.05, 0.1) is 0 Å². The summed E-state index contributed by atoms with van der Waals surface area (Å²) in [6.45, 7) is 8.95. The first kappa shape index (κ1) is 16.0. The number of carbonyl (C=O) groups is 1. The van der Waals surface area contributed by atoms with Crippen molar-refractivity contribution in [3.8, 4) is 0 Å². The van der Waals surface area contributed by atoms with Crippen molar-refractivity contribution in [2.45, 2.75) is 40.5 Å². The summed E-state index contributed by atoms with van der Waals surface area (Å²) >= 11 is 5.72. The van der Waals surface area contributed by atoms with E-state index >= 15 is 0 Å². The molecule has 0 fully saturated rings. The molecule has 1 aromatic rings. The molecule has 0 unspecified atom stereocenters. The minimum Gasteiger partial charge on any atom is -0.351 e. The predicted octanol–water partition coefficient (Wildman–Crippen LogP) is 4.08. The molecule has 0 spiro atoms. The number of hydrogen-bond acceptors (Lipinski definition) is 1. The molecule has 0 atom stereocenters. The quantitative estimate of drug-likeness (QED) is 0.782. The summed E-state index contributed by atoms with van der Waals surface area (Å²) in [6.07, 6.45) is 2.00. The van der Waals surface area contributed by atoms with Crippen molar-refractivity contribution in [1.29, 1.82) is 0 Å². The van der Waals surface area contributed by atoms with Crippen molar-refractivity contribution in [3.05, 3.63) is 34.9 Å². The monoisotopic (exact) mass is 281 g/mol. The van der Waals surface area contributed by atoms with E-state index in [1.54, 1.807) is 0 Å². The molecule has 0 saturated heterocycles. The summed E-state index contributed by atoms with van der Waals surface area (Å²) in [6, 6.07) is 5.95. The lowest BCUT2D eigenvalue weighted by atomic mass is 9.88. The molecule has 1 N–H and O–H groups in total. The molecule has 0 radical (unpaired) electrons. The summed E-state index contributed by atoms with van der Waals surface area (Å²) < 4.78 is 0. The second kappa shape index (κ2) is 6.95. The van der Waals surface area contributed by atoms with Gasteiger partial charge in [-0.25, -0.2) is 0 Å². The molecule has 0 heterocycles. The van der Waals surface area contributed by atoms with E-state index in [-0.39, 0.29) is 11.3 Å². The van der Waals surface area contributed by atoms with Crippen LogP contribution in [0.5, 0.6) is 0 Å². The van der Waals surface area contributed by atoms with Crippen LogP contribution >= 0.6 is 11.6 Å². The first-order valence-corrected chi connectivity index (χ1v) is 7.30. The van der Waals surface area contributed by atoms with Crippen LogP contribution in [-0.2, 0) is 0 Å². The van der Waals surface area contributed by atoms with E-state index in [4.69, 9.17) is 11.6 Å². The number of alkyl halides is 1. The number of halogens is 1. The average Bonchev–Trinajstić information content (AvgIpc) is 2.36. The Bertz CT molecular complexity index is 440. The van der Waals surface area contributed by atoms with Crippen LogP contribution in [0.2, 0.25) is 0 Å². The molecule has 2 nitrogen and oxygen atoms in total. The van der Waals surface area contributed by atoms with E-state index < -0.39 is 0 Å². The zero-order chi connectivity index (χ0) is 14.5. The van der Waals surface area contributed by atoms with E-state index in [1.165, 1.54) is 0 Å². The molecule has 0 saturated carbocycles. The summed E-state index contributed by atoms with van der Waals surface area (Å²) in [4.78, 5) is 12.2. The van der Waals surface area contributed by atoms with Gasteiger partial charge < -0.3 is 5.32 Å². The molecule has 19 heavy (non-hydrogen) atoms. The molecule has 106 valence electrons. The second-order valence-corrected chi connectivity index (χ2v) is 6.34. The highest BCUT2D eigenvalue weighted by atomic mass is 35.5. The standard InChI is InChI=1S/C16H24ClNO/c1-12-6-7-13(2)14(10-12)15(19)18-11-16(3,4)8-5-9-17/h6-7,10H,5,8-9,11H2,1-4H3,(H,18,19). The van der Waals surface area contributed by atoms with Gasteiger partial charge in [0.25, 0.3) is 5.91 Å². The molecule has 0 aliphatic heterocycles. The number of amides is 1. The third-order valence-electron chi connectivity index (χ3n) is 3.35. The van der Waals surface area contributed by atoms with Gasteiger partial charge >= 0.3 is 0 Å². The number of benzene rings is 1. The van der Waals surface area contributed by atoms with Crippen LogP contribution in [0.1, 0.15) is 48.2 Å². The van der Waals surface area contributed by atoms with E-state index in [9.17, 15) is 4.79 Å². The van der Waals surface area contributed by atoms with Crippen LogP contribution in [0.4, 0.5) is 0 Å². The van der Waals surface area contributed by atoms with Gasteiger partial charge in [0.1, 0.15) is 0 Å². The fourth-order valence-electron chi connectivity index (χ4n) is 2.03. The van der Waals surface area contributed by atoms with Crippen molar-refractivity contribution < 1.29 is 4.79 Å². The molecular formula is C16H24ClNO. The summed E-state index contributed by atoms with van der Waals surface area (Å²) in [7, 11) is 0. The minimum atomic E-state index is 0.0140. The number of nitrogens with one attached hydrogen (secondary N) is 1. The maximum atomic E-state index is 12.2. The maximum Gasteiger partial charge on any atom is 0.251 e. The third-order valence-corrected chi connectivity index (χ3v) is 3.62. The van der Waals surface area contributed by atoms with E-state index in [1.807, 2.05) is 32.0 Å². The minimum absolute atomic E-state index is 0.0140. The van der Waals surface area contributed by atoms with Gasteiger partial charge in [0.15, 0.2) is 0 Å². The molecule has 0 aromatic heterocycles. The van der Waals surface area contributed by atoms with Crippen molar-refractivity contribution in [2.24, 2.45) is 5.41 Å². The molecule has 1 rings (SSSR count). The predicted molar refractivity (Wildman–Crippen MR) is 82.0 cm³/mol. The molecule has 0 aliphatic rings. The lowest BCUT2D eigenvalue weighted by Gasteiger charge is -2.24. The lowest BCUT2D eigenvalue weighted by molar-refractivity contribution is 0.0934. The van der Waals surface area contributed by atoms with E-state index in [0.717, 1.165) is 29.5 Å². The molecular weight excluding hydrogens is 258 g/mol. The smallest absolute Gasteiger partial charge is 0.251 e. The highest BCUT2D eigenvalue weighted by molar-refractivity contribution is 6.17. The van der Waals surface area contributed by atoms with Crippen molar-refractivity contribution in [2.75, 3.05) is 12.4 Å². The highest BCUT2D eigenvalue weighted by Gasteiger charge is 2.19. The number of hydrogen-bond donors (Lipinski definition) is 1. The van der Waals surface area contributed by atoms with Crippen molar-refractivity contribution >= 4 is 17.5 Å². The topological polar surface area (TPSA) is 29.1 Å². The SMILES string of the molecule is Cc1ccc(C)c(C(=O)NCC(C)(C)CCCCl)c1. The highest BCUT2D eigenvalue weighted by Crippen LogP contribution is 2.21. The second-order valence-electron chi connectivity index (χ2n) is 5.96. The summed E-state index contributed by atoms with van der Waals surface area (Å²) in [5.41, 5.74) is 2.98. The summed E-state index contributed by atoms with van der Waals surface area (Å²) in [5.74, 6) is 0.689. The van der Waals surface area contributed by atoms with Crippen LogP contribution in [-0.4, -0.2) is 18.3 Å². The van der Waals surface area contributed by atoms with Gasteiger partial charge in [-0.2, -0.15) is 0 Å². The molecule has 3 heteroatoms. The average molecular weight is 282 g/mol. The normalized spacial score (nSPS) is 11.4. The van der Waals surface area contributed by atoms with Crippen LogP contribution in [0.3, 0.4) is 0 Å². The first-order valence-electron chi connectivity index (χ1n) is 6.77. The fourth-order valence-corrected chi connectivity index (χ4v) is 2.16. The Hall–Kier alpha value is -1.02.